The second-order valence-electron chi connectivity index (χ2n) is 7.29. The fourth-order valence-electron chi connectivity index (χ4n) is 2.72. The minimum atomic E-state index is -0.182. The van der Waals surface area contributed by atoms with Crippen molar-refractivity contribution in [2.45, 2.75) is 51.4 Å². The standard InChI is InChI=1S/C20H24ClF/c1-19(2,15-8-10-18(22)11-9-15)12-13-20(3,4)16-6-5-7-17(21)14-16/h5-11,14H,12-13H2,1-4H3. The van der Waals surface area contributed by atoms with Gasteiger partial charge in [-0.05, 0) is 59.1 Å². The Morgan fingerprint density at radius 3 is 1.91 bits per heavy atom. The van der Waals surface area contributed by atoms with Crippen molar-refractivity contribution in [3.05, 3.63) is 70.5 Å². The summed E-state index contributed by atoms with van der Waals surface area (Å²) in [7, 11) is 0. The number of hydrogen-bond acceptors (Lipinski definition) is 0. The number of benzene rings is 2. The highest BCUT2D eigenvalue weighted by molar-refractivity contribution is 6.30. The molecule has 0 amide bonds. The predicted molar refractivity (Wildman–Crippen MR) is 93.1 cm³/mol. The highest BCUT2D eigenvalue weighted by Gasteiger charge is 2.27. The molecule has 2 heteroatoms. The molecule has 0 saturated heterocycles. The molecule has 0 spiro atoms. The Morgan fingerprint density at radius 1 is 0.818 bits per heavy atom. The first-order chi connectivity index (χ1) is 10.2. The van der Waals surface area contributed by atoms with Gasteiger partial charge in [0.05, 0.1) is 0 Å². The largest absolute Gasteiger partial charge is 0.207 e. The van der Waals surface area contributed by atoms with Gasteiger partial charge in [0.1, 0.15) is 5.82 Å². The van der Waals surface area contributed by atoms with Gasteiger partial charge in [-0.15, -0.1) is 0 Å². The third kappa shape index (κ3) is 4.10. The molecule has 0 aliphatic carbocycles. The molecule has 0 N–H and O–H groups in total. The molecule has 0 heterocycles. The fourth-order valence-corrected chi connectivity index (χ4v) is 2.91. The van der Waals surface area contributed by atoms with E-state index in [1.807, 2.05) is 30.3 Å². The molecular formula is C20H24ClF. The molecule has 0 nitrogen and oxygen atoms in total. The molecule has 0 unspecified atom stereocenters. The van der Waals surface area contributed by atoms with Crippen molar-refractivity contribution in [3.63, 3.8) is 0 Å². The van der Waals surface area contributed by atoms with Crippen molar-refractivity contribution >= 4 is 11.6 Å². The van der Waals surface area contributed by atoms with E-state index in [2.05, 4.69) is 33.8 Å². The molecule has 2 aromatic rings. The molecule has 118 valence electrons. The summed E-state index contributed by atoms with van der Waals surface area (Å²) in [6, 6.07) is 15.0. The van der Waals surface area contributed by atoms with Crippen molar-refractivity contribution < 1.29 is 4.39 Å². The number of halogens is 2. The zero-order valence-electron chi connectivity index (χ0n) is 13.8. The van der Waals surface area contributed by atoms with Gasteiger partial charge in [-0.3, -0.25) is 0 Å². The van der Waals surface area contributed by atoms with Crippen LogP contribution in [-0.4, -0.2) is 0 Å². The van der Waals surface area contributed by atoms with E-state index in [-0.39, 0.29) is 16.6 Å². The summed E-state index contributed by atoms with van der Waals surface area (Å²) in [6.07, 6.45) is 2.07. The van der Waals surface area contributed by atoms with Crippen LogP contribution < -0.4 is 0 Å². The molecule has 0 fully saturated rings. The van der Waals surface area contributed by atoms with Gasteiger partial charge >= 0.3 is 0 Å². The third-order valence-electron chi connectivity index (χ3n) is 4.61. The zero-order chi connectivity index (χ0) is 16.4. The van der Waals surface area contributed by atoms with E-state index < -0.39 is 0 Å². The maximum absolute atomic E-state index is 13.1. The Hall–Kier alpha value is -1.34. The van der Waals surface area contributed by atoms with Gasteiger partial charge < -0.3 is 0 Å². The summed E-state index contributed by atoms with van der Waals surface area (Å²) in [5.41, 5.74) is 2.51. The number of hydrogen-bond donors (Lipinski definition) is 0. The molecule has 0 aromatic heterocycles. The van der Waals surface area contributed by atoms with Gasteiger partial charge in [-0.1, -0.05) is 63.6 Å². The Bertz CT molecular complexity index is 626. The zero-order valence-corrected chi connectivity index (χ0v) is 14.5. The smallest absolute Gasteiger partial charge is 0.123 e. The van der Waals surface area contributed by atoms with Crippen molar-refractivity contribution in [2.24, 2.45) is 0 Å². The monoisotopic (exact) mass is 318 g/mol. The van der Waals surface area contributed by atoms with Crippen molar-refractivity contribution in [1.29, 1.82) is 0 Å². The van der Waals surface area contributed by atoms with Crippen LogP contribution in [0, 0.1) is 5.82 Å². The minimum Gasteiger partial charge on any atom is -0.207 e. The lowest BCUT2D eigenvalue weighted by atomic mass is 9.73. The van der Waals surface area contributed by atoms with Gasteiger partial charge in [-0.25, -0.2) is 4.39 Å². The maximum atomic E-state index is 13.1. The van der Waals surface area contributed by atoms with Crippen molar-refractivity contribution in [1.82, 2.24) is 0 Å². The van der Waals surface area contributed by atoms with E-state index in [9.17, 15) is 4.39 Å². The quantitative estimate of drug-likeness (QED) is 0.589. The SMILES string of the molecule is CC(C)(CCC(C)(C)c1cccc(Cl)c1)c1ccc(F)cc1. The molecule has 0 bridgehead atoms. The Labute approximate surface area is 138 Å². The Balaban J connectivity index is 2.11. The Morgan fingerprint density at radius 2 is 1.36 bits per heavy atom. The van der Waals surface area contributed by atoms with Crippen LogP contribution in [0.25, 0.3) is 0 Å². The van der Waals surface area contributed by atoms with Gasteiger partial charge in [0.2, 0.25) is 0 Å². The van der Waals surface area contributed by atoms with E-state index in [1.165, 1.54) is 11.1 Å². The minimum absolute atomic E-state index is 0.0174. The van der Waals surface area contributed by atoms with E-state index in [1.54, 1.807) is 12.1 Å². The van der Waals surface area contributed by atoms with Gasteiger partial charge in [-0.2, -0.15) is 0 Å². The van der Waals surface area contributed by atoms with Gasteiger partial charge in [0, 0.05) is 5.02 Å². The molecule has 2 rings (SSSR count). The first kappa shape index (κ1) is 17.0. The molecule has 0 aliphatic rings. The van der Waals surface area contributed by atoms with Crippen LogP contribution in [-0.2, 0) is 10.8 Å². The summed E-state index contributed by atoms with van der Waals surface area (Å²) < 4.78 is 13.1. The second kappa shape index (κ2) is 6.42. The average Bonchev–Trinajstić information content (AvgIpc) is 2.46. The van der Waals surface area contributed by atoms with Crippen LogP contribution in [0.4, 0.5) is 4.39 Å². The van der Waals surface area contributed by atoms with Gasteiger partial charge in [0.25, 0.3) is 0 Å². The molecule has 22 heavy (non-hydrogen) atoms. The third-order valence-corrected chi connectivity index (χ3v) is 4.84. The molecule has 0 saturated carbocycles. The lowest BCUT2D eigenvalue weighted by Gasteiger charge is -2.32. The summed E-state index contributed by atoms with van der Waals surface area (Å²) in [4.78, 5) is 0. The molecule has 0 radical (unpaired) electrons. The summed E-state index contributed by atoms with van der Waals surface area (Å²) in [6.45, 7) is 8.93. The van der Waals surface area contributed by atoms with Gasteiger partial charge in [0.15, 0.2) is 0 Å². The van der Waals surface area contributed by atoms with E-state index >= 15 is 0 Å². The van der Waals surface area contributed by atoms with Crippen molar-refractivity contribution in [2.75, 3.05) is 0 Å². The fraction of sp³-hybridized carbons (Fsp3) is 0.400. The lowest BCUT2D eigenvalue weighted by Crippen LogP contribution is -2.24. The second-order valence-corrected chi connectivity index (χ2v) is 7.72. The van der Waals surface area contributed by atoms with Crippen LogP contribution >= 0.6 is 11.6 Å². The predicted octanol–water partition coefficient (Wildman–Crippen LogP) is 6.51. The van der Waals surface area contributed by atoms with E-state index in [0.717, 1.165) is 17.9 Å². The van der Waals surface area contributed by atoms with Crippen molar-refractivity contribution in [3.8, 4) is 0 Å². The first-order valence-corrected chi connectivity index (χ1v) is 8.11. The molecular weight excluding hydrogens is 295 g/mol. The van der Waals surface area contributed by atoms with E-state index in [4.69, 9.17) is 11.6 Å². The summed E-state index contributed by atoms with van der Waals surface area (Å²) >= 11 is 6.12. The van der Waals surface area contributed by atoms with Crippen LogP contribution in [0.5, 0.6) is 0 Å². The average molecular weight is 319 g/mol. The topological polar surface area (TPSA) is 0 Å². The van der Waals surface area contributed by atoms with Crippen LogP contribution in [0.15, 0.2) is 48.5 Å². The van der Waals surface area contributed by atoms with Crippen LogP contribution in [0.2, 0.25) is 5.02 Å². The van der Waals surface area contributed by atoms with Crippen LogP contribution in [0.3, 0.4) is 0 Å². The molecule has 0 atom stereocenters. The maximum Gasteiger partial charge on any atom is 0.123 e. The lowest BCUT2D eigenvalue weighted by molar-refractivity contribution is 0.374. The molecule has 2 aromatic carbocycles. The first-order valence-electron chi connectivity index (χ1n) is 7.73. The van der Waals surface area contributed by atoms with Crippen LogP contribution in [0.1, 0.15) is 51.7 Å². The normalized spacial score (nSPS) is 12.5. The highest BCUT2D eigenvalue weighted by atomic mass is 35.5. The molecule has 0 aliphatic heterocycles. The van der Waals surface area contributed by atoms with E-state index in [0.29, 0.717) is 0 Å². The highest BCUT2D eigenvalue weighted by Crippen LogP contribution is 2.36. The summed E-state index contributed by atoms with van der Waals surface area (Å²) in [5.74, 6) is -0.182. The Kier molecular flexibility index (Phi) is 4.97. The number of rotatable bonds is 5. The summed E-state index contributed by atoms with van der Waals surface area (Å²) in [5, 5.41) is 0.781.